The predicted octanol–water partition coefficient (Wildman–Crippen LogP) is 2.74. The van der Waals surface area contributed by atoms with Crippen LogP contribution in [-0.4, -0.2) is 22.7 Å². The Kier molecular flexibility index (Phi) is 3.02. The minimum atomic E-state index is -6.10. The lowest BCUT2D eigenvalue weighted by molar-refractivity contribution is -0.256. The smallest absolute Gasteiger partial charge is 0.254 e. The first-order valence-corrected chi connectivity index (χ1v) is 3.26. The molecule has 1 nitrogen and oxygen atoms in total. The second kappa shape index (κ2) is 3.10. The molecule has 0 N–H and O–H groups in total. The molecule has 0 fully saturated rings. The van der Waals surface area contributed by atoms with Gasteiger partial charge < -0.3 is 0 Å². The quantitative estimate of drug-likeness (QED) is 0.431. The Balaban J connectivity index is 5.16. The monoisotopic (exact) mass is 276 g/mol. The summed E-state index contributed by atoms with van der Waals surface area (Å²) in [5, 5.41) is 0. The number of carbonyl (C=O) groups is 1. The second-order valence-electron chi connectivity index (χ2n) is 1.92. The number of hydrogen-bond donors (Lipinski definition) is 0. The van der Waals surface area contributed by atoms with Gasteiger partial charge in [-0.25, -0.2) is 4.39 Å². The van der Waals surface area contributed by atoms with E-state index in [1.807, 2.05) is 0 Å². The average Bonchev–Trinajstić information content (AvgIpc) is 1.84. The van der Waals surface area contributed by atoms with E-state index in [-0.39, 0.29) is 0 Å². The highest BCUT2D eigenvalue weighted by molar-refractivity contribution is 9.10. The fourth-order valence-electron chi connectivity index (χ4n) is 0.301. The van der Waals surface area contributed by atoms with Crippen LogP contribution in [0.2, 0.25) is 0 Å². The molecule has 0 aromatic carbocycles. The third-order valence-electron chi connectivity index (χ3n) is 0.997. The van der Waals surface area contributed by atoms with Gasteiger partial charge in [-0.05, 0) is 15.9 Å². The van der Waals surface area contributed by atoms with E-state index in [9.17, 15) is 35.5 Å². The van der Waals surface area contributed by atoms with Gasteiger partial charge in [-0.2, -0.15) is 26.3 Å². The number of carbonyl (C=O) groups excluding carboxylic acids is 1. The lowest BCUT2D eigenvalue weighted by atomic mass is 10.2. The Morgan fingerprint density at radius 3 is 1.38 bits per heavy atom. The zero-order valence-electron chi connectivity index (χ0n) is 5.43. The van der Waals surface area contributed by atoms with Crippen molar-refractivity contribution in [1.82, 2.24) is 0 Å². The van der Waals surface area contributed by atoms with E-state index >= 15 is 0 Å². The van der Waals surface area contributed by atoms with Crippen LogP contribution in [0.25, 0.3) is 0 Å². The zero-order valence-corrected chi connectivity index (χ0v) is 7.02. The minimum absolute atomic E-state index is 0.922. The van der Waals surface area contributed by atoms with Crippen molar-refractivity contribution in [3.05, 3.63) is 0 Å². The molecule has 0 aliphatic rings. The van der Waals surface area contributed by atoms with Gasteiger partial charge in [-0.3, -0.25) is 4.79 Å². The molecular formula is C4BrF7O. The molecule has 78 valence electrons. The third-order valence-corrected chi connectivity index (χ3v) is 1.94. The molecule has 0 bridgehead atoms. The van der Waals surface area contributed by atoms with E-state index in [1.165, 1.54) is 0 Å². The van der Waals surface area contributed by atoms with Gasteiger partial charge in [-0.1, -0.05) is 0 Å². The molecule has 0 aliphatic carbocycles. The molecule has 0 saturated heterocycles. The average molecular weight is 277 g/mol. The molecule has 0 amide bonds. The molecule has 0 spiro atoms. The number of alkyl halides is 7. The van der Waals surface area contributed by atoms with Crippen molar-refractivity contribution in [2.45, 2.75) is 16.7 Å². The number of halogens is 8. The summed E-state index contributed by atoms with van der Waals surface area (Å²) in [6.07, 6.45) is -6.10. The van der Waals surface area contributed by atoms with E-state index in [2.05, 4.69) is 0 Å². The van der Waals surface area contributed by atoms with E-state index < -0.39 is 22.7 Å². The Hall–Kier alpha value is -0.340. The van der Waals surface area contributed by atoms with Crippen LogP contribution in [0.15, 0.2) is 0 Å². The summed E-state index contributed by atoms with van der Waals surface area (Å²) in [6.45, 7) is 0. The maximum absolute atomic E-state index is 12.2. The first-order chi connectivity index (χ1) is 5.44. The highest BCUT2D eigenvalue weighted by Crippen LogP contribution is 2.50. The number of hydrogen-bond acceptors (Lipinski definition) is 1. The Morgan fingerprint density at radius 1 is 1.00 bits per heavy atom. The summed E-state index contributed by atoms with van der Waals surface area (Å²) in [5.41, 5.74) is 0. The van der Waals surface area contributed by atoms with Gasteiger partial charge in [0.15, 0.2) is 0 Å². The summed E-state index contributed by atoms with van der Waals surface area (Å²) in [5.74, 6) is -5.80. The van der Waals surface area contributed by atoms with Gasteiger partial charge in [0.25, 0.3) is 0 Å². The van der Waals surface area contributed by atoms with Gasteiger partial charge in [0.05, 0.1) is 0 Å². The van der Waals surface area contributed by atoms with Crippen LogP contribution in [0.3, 0.4) is 0 Å². The van der Waals surface area contributed by atoms with Crippen LogP contribution in [-0.2, 0) is 4.79 Å². The van der Waals surface area contributed by atoms with Crippen molar-refractivity contribution in [2.24, 2.45) is 0 Å². The summed E-state index contributed by atoms with van der Waals surface area (Å²) >= 11 is 0.922. The van der Waals surface area contributed by atoms with Crippen LogP contribution in [0.1, 0.15) is 0 Å². The SMILES string of the molecule is O=C(F)C(F)(F)C(F)(Br)C(F)(F)F. The van der Waals surface area contributed by atoms with Gasteiger partial charge in [0.1, 0.15) is 0 Å². The van der Waals surface area contributed by atoms with E-state index in [0.717, 1.165) is 15.9 Å². The highest BCUT2D eigenvalue weighted by atomic mass is 79.9. The molecule has 1 unspecified atom stereocenters. The summed E-state index contributed by atoms with van der Waals surface area (Å²) in [7, 11) is 0. The van der Waals surface area contributed by atoms with E-state index in [0.29, 0.717) is 0 Å². The lowest BCUT2D eigenvalue weighted by Crippen LogP contribution is -2.53. The standard InChI is InChI=1S/C4BrF7O/c5-3(9,4(10,11)12)2(7,8)1(6)13. The topological polar surface area (TPSA) is 17.1 Å². The van der Waals surface area contributed by atoms with E-state index in [4.69, 9.17) is 0 Å². The van der Waals surface area contributed by atoms with Crippen molar-refractivity contribution in [1.29, 1.82) is 0 Å². The van der Waals surface area contributed by atoms with Crippen LogP contribution in [0.4, 0.5) is 30.7 Å². The number of rotatable bonds is 2. The predicted molar refractivity (Wildman–Crippen MR) is 29.9 cm³/mol. The van der Waals surface area contributed by atoms with Gasteiger partial charge >= 0.3 is 22.7 Å². The van der Waals surface area contributed by atoms with Crippen LogP contribution in [0, 0.1) is 0 Å². The first kappa shape index (κ1) is 12.7. The van der Waals surface area contributed by atoms with Gasteiger partial charge in [-0.15, -0.1) is 0 Å². The first-order valence-electron chi connectivity index (χ1n) is 2.47. The zero-order chi connectivity index (χ0) is 11.1. The van der Waals surface area contributed by atoms with Crippen LogP contribution >= 0.6 is 15.9 Å². The molecule has 0 heterocycles. The molecule has 0 rings (SSSR count). The largest absolute Gasteiger partial charge is 0.439 e. The maximum Gasteiger partial charge on any atom is 0.439 e. The highest BCUT2D eigenvalue weighted by Gasteiger charge is 2.74. The molecule has 0 aromatic heterocycles. The normalized spacial score (nSPS) is 18.2. The third kappa shape index (κ3) is 1.94. The Bertz CT molecular complexity index is 219. The van der Waals surface area contributed by atoms with Gasteiger partial charge in [0.2, 0.25) is 0 Å². The molecule has 0 aliphatic heterocycles. The summed E-state index contributed by atoms with van der Waals surface area (Å²) < 4.78 is 76.5. The van der Waals surface area contributed by atoms with Gasteiger partial charge in [0, 0.05) is 0 Å². The van der Waals surface area contributed by atoms with Crippen LogP contribution in [0.5, 0.6) is 0 Å². The Labute approximate surface area is 75.0 Å². The van der Waals surface area contributed by atoms with Crippen LogP contribution < -0.4 is 0 Å². The summed E-state index contributed by atoms with van der Waals surface area (Å²) in [6, 6.07) is -3.70. The van der Waals surface area contributed by atoms with E-state index in [1.54, 1.807) is 0 Å². The molecule has 9 heteroatoms. The fourth-order valence-corrected chi connectivity index (χ4v) is 0.457. The van der Waals surface area contributed by atoms with Crippen molar-refractivity contribution < 1.29 is 35.5 Å². The second-order valence-corrected chi connectivity index (χ2v) is 3.01. The molecule has 0 aromatic rings. The maximum atomic E-state index is 12.2. The molecule has 1 atom stereocenters. The minimum Gasteiger partial charge on any atom is -0.254 e. The molecule has 13 heavy (non-hydrogen) atoms. The molecule has 0 radical (unpaired) electrons. The lowest BCUT2D eigenvalue weighted by Gasteiger charge is -2.26. The Morgan fingerprint density at radius 2 is 1.31 bits per heavy atom. The summed E-state index contributed by atoms with van der Waals surface area (Å²) in [4.78, 5) is 9.37. The van der Waals surface area contributed by atoms with Crippen molar-refractivity contribution >= 4 is 22.0 Å². The molecular weight excluding hydrogens is 277 g/mol. The van der Waals surface area contributed by atoms with Crippen molar-refractivity contribution in [2.75, 3.05) is 0 Å². The molecule has 0 saturated carbocycles. The van der Waals surface area contributed by atoms with Crippen molar-refractivity contribution in [3.63, 3.8) is 0 Å². The van der Waals surface area contributed by atoms with Crippen molar-refractivity contribution in [3.8, 4) is 0 Å². The fraction of sp³-hybridized carbons (Fsp3) is 0.750.